The maximum absolute atomic E-state index is 12.5. The minimum atomic E-state index is -0.738. The predicted octanol–water partition coefficient (Wildman–Crippen LogP) is 11.3. The van der Waals surface area contributed by atoms with Gasteiger partial charge >= 0.3 is 5.97 Å². The minimum Gasteiger partial charge on any atom is -0.481 e. The molecule has 4 heteroatoms. The van der Waals surface area contributed by atoms with E-state index < -0.39 is 11.9 Å². The van der Waals surface area contributed by atoms with Gasteiger partial charge in [-0.25, -0.2) is 0 Å². The number of carbonyl (C=O) groups is 1. The van der Waals surface area contributed by atoms with E-state index >= 15 is 0 Å². The topological polar surface area (TPSA) is 61.4 Å². The highest BCUT2D eigenvalue weighted by atomic mass is 16.4. The molecule has 0 aliphatic carbocycles. The van der Waals surface area contributed by atoms with E-state index in [0.29, 0.717) is 18.4 Å². The summed E-state index contributed by atoms with van der Waals surface area (Å²) in [6, 6.07) is 16.5. The van der Waals surface area contributed by atoms with Gasteiger partial charge in [-0.15, -0.1) is 0 Å². The van der Waals surface area contributed by atoms with Crippen LogP contribution in [0.3, 0.4) is 0 Å². The number of nitrogens with one attached hydrogen (secondary N) is 2. The Hall–Kier alpha value is -2.49. The third-order valence-corrected chi connectivity index (χ3v) is 7.86. The number of anilines is 3. The molecule has 224 valence electrons. The van der Waals surface area contributed by atoms with Crippen LogP contribution < -0.4 is 10.6 Å². The third-order valence-electron chi connectivity index (χ3n) is 7.86. The first kappa shape index (κ1) is 33.7. The number of hydrogen-bond donors (Lipinski definition) is 3. The molecule has 0 spiro atoms. The van der Waals surface area contributed by atoms with Crippen LogP contribution in [0.4, 0.5) is 17.1 Å². The first-order valence-corrected chi connectivity index (χ1v) is 16.4. The van der Waals surface area contributed by atoms with Gasteiger partial charge in [-0.3, -0.25) is 4.79 Å². The fourth-order valence-electron chi connectivity index (χ4n) is 5.74. The van der Waals surface area contributed by atoms with Crippen LogP contribution in [0, 0.1) is 5.92 Å². The number of benzene rings is 2. The van der Waals surface area contributed by atoms with Crippen molar-refractivity contribution in [3.05, 3.63) is 54.1 Å². The van der Waals surface area contributed by atoms with Crippen LogP contribution in [0.2, 0.25) is 0 Å². The summed E-state index contributed by atoms with van der Waals surface area (Å²) in [7, 11) is 0. The average molecular weight is 551 g/mol. The van der Waals surface area contributed by atoms with Gasteiger partial charge in [-0.1, -0.05) is 129 Å². The Labute approximate surface area is 245 Å². The fourth-order valence-corrected chi connectivity index (χ4v) is 5.74. The first-order valence-electron chi connectivity index (χ1n) is 16.4. The number of carboxylic acids is 1. The smallest absolute Gasteiger partial charge is 0.311 e. The molecule has 0 radical (unpaired) electrons. The van der Waals surface area contributed by atoms with E-state index in [2.05, 4.69) is 50.5 Å². The second-order valence-electron chi connectivity index (χ2n) is 12.2. The van der Waals surface area contributed by atoms with Crippen molar-refractivity contribution < 1.29 is 9.90 Å². The van der Waals surface area contributed by atoms with Crippen LogP contribution in [0.1, 0.15) is 142 Å². The van der Waals surface area contributed by atoms with Gasteiger partial charge < -0.3 is 15.7 Å². The second kappa shape index (κ2) is 20.4. The molecular weight excluding hydrogens is 492 g/mol. The molecular formula is C36H58N2O2. The van der Waals surface area contributed by atoms with E-state index in [1.165, 1.54) is 77.0 Å². The molecule has 0 saturated heterocycles. The quantitative estimate of drug-likeness (QED) is 0.120. The molecule has 4 nitrogen and oxygen atoms in total. The summed E-state index contributed by atoms with van der Waals surface area (Å²) in [5, 5.41) is 17.3. The van der Waals surface area contributed by atoms with Gasteiger partial charge in [-0.05, 0) is 61.6 Å². The summed E-state index contributed by atoms with van der Waals surface area (Å²) in [4.78, 5) is 12.5. The van der Waals surface area contributed by atoms with Crippen molar-refractivity contribution in [1.29, 1.82) is 0 Å². The van der Waals surface area contributed by atoms with Crippen molar-refractivity contribution in [2.45, 2.75) is 142 Å². The molecule has 2 rings (SSSR count). The molecule has 40 heavy (non-hydrogen) atoms. The fraction of sp³-hybridized carbons (Fsp3) is 0.639. The number of para-hydroxylation sites is 1. The summed E-state index contributed by atoms with van der Waals surface area (Å²) >= 11 is 0. The molecule has 3 N–H and O–H groups in total. The molecule has 0 amide bonds. The van der Waals surface area contributed by atoms with Crippen LogP contribution >= 0.6 is 0 Å². The van der Waals surface area contributed by atoms with Crippen LogP contribution in [0.25, 0.3) is 0 Å². The van der Waals surface area contributed by atoms with Gasteiger partial charge in [0.25, 0.3) is 0 Å². The average Bonchev–Trinajstić information content (AvgIpc) is 2.92. The van der Waals surface area contributed by atoms with Crippen LogP contribution in [0.15, 0.2) is 48.5 Å². The lowest BCUT2D eigenvalue weighted by atomic mass is 9.90. The molecule has 0 aliphatic rings. The van der Waals surface area contributed by atoms with Gasteiger partial charge in [0.1, 0.15) is 0 Å². The van der Waals surface area contributed by atoms with Crippen molar-refractivity contribution >= 4 is 23.0 Å². The van der Waals surface area contributed by atoms with E-state index in [1.54, 1.807) is 0 Å². The van der Waals surface area contributed by atoms with Crippen LogP contribution in [0.5, 0.6) is 0 Å². The summed E-state index contributed by atoms with van der Waals surface area (Å²) in [5.41, 5.74) is 3.71. The Bertz CT molecular complexity index is 928. The second-order valence-corrected chi connectivity index (χ2v) is 12.2. The molecule has 2 unspecified atom stereocenters. The molecule has 0 saturated carbocycles. The molecule has 2 aromatic carbocycles. The summed E-state index contributed by atoms with van der Waals surface area (Å²) < 4.78 is 0. The highest BCUT2D eigenvalue weighted by Crippen LogP contribution is 2.34. The first-order chi connectivity index (χ1) is 19.4. The van der Waals surface area contributed by atoms with Crippen molar-refractivity contribution in [1.82, 2.24) is 0 Å². The Kier molecular flexibility index (Phi) is 17.2. The van der Waals surface area contributed by atoms with Gasteiger partial charge in [-0.2, -0.15) is 0 Å². The maximum atomic E-state index is 12.5. The molecule has 2 atom stereocenters. The molecule has 0 aliphatic heterocycles. The molecule has 0 bridgehead atoms. The zero-order chi connectivity index (χ0) is 29.0. The standard InChI is InChI=1S/C36H58N2O2/c1-5-6-7-8-9-10-11-12-13-14-15-16-17-21-24-33(36(39)40)34-28-32(37-30(4)27-29(2)3)25-26-35(34)38-31-22-19-18-20-23-31/h18-20,22-23,25-26,28-30,33,37-38H,5-17,21,24,27H2,1-4H3,(H,39,40). The van der Waals surface area contributed by atoms with Crippen LogP contribution in [-0.4, -0.2) is 17.1 Å². The van der Waals surface area contributed by atoms with Gasteiger partial charge in [0.15, 0.2) is 0 Å². The lowest BCUT2D eigenvalue weighted by Gasteiger charge is -2.22. The normalized spacial score (nSPS) is 12.8. The molecule has 0 aromatic heterocycles. The Morgan fingerprint density at radius 2 is 1.27 bits per heavy atom. The van der Waals surface area contributed by atoms with E-state index in [0.717, 1.165) is 41.9 Å². The van der Waals surface area contributed by atoms with Crippen molar-refractivity contribution in [3.8, 4) is 0 Å². The van der Waals surface area contributed by atoms with Crippen molar-refractivity contribution in [2.24, 2.45) is 5.92 Å². The number of rotatable bonds is 23. The highest BCUT2D eigenvalue weighted by molar-refractivity contribution is 5.81. The van der Waals surface area contributed by atoms with E-state index in [9.17, 15) is 9.90 Å². The van der Waals surface area contributed by atoms with Gasteiger partial charge in [0, 0.05) is 23.1 Å². The lowest BCUT2D eigenvalue weighted by Crippen LogP contribution is -2.18. The zero-order valence-corrected chi connectivity index (χ0v) is 26.0. The zero-order valence-electron chi connectivity index (χ0n) is 26.0. The van der Waals surface area contributed by atoms with E-state index in [1.807, 2.05) is 36.4 Å². The third kappa shape index (κ3) is 14.2. The molecule has 0 fully saturated rings. The van der Waals surface area contributed by atoms with Crippen molar-refractivity contribution in [2.75, 3.05) is 10.6 Å². The predicted molar refractivity (Wildman–Crippen MR) is 174 cm³/mol. The number of carboxylic acid groups (broad SMARTS) is 1. The van der Waals surface area contributed by atoms with Crippen LogP contribution in [-0.2, 0) is 4.79 Å². The van der Waals surface area contributed by atoms with E-state index in [4.69, 9.17) is 0 Å². The molecule has 2 aromatic rings. The summed E-state index contributed by atoms with van der Waals surface area (Å²) in [5.74, 6) is -0.656. The Balaban J connectivity index is 1.87. The van der Waals surface area contributed by atoms with Crippen molar-refractivity contribution in [3.63, 3.8) is 0 Å². The lowest BCUT2D eigenvalue weighted by molar-refractivity contribution is -0.139. The number of aliphatic carboxylic acids is 1. The minimum absolute atomic E-state index is 0.329. The SMILES string of the molecule is CCCCCCCCCCCCCCCCC(C(=O)O)c1cc(NC(C)CC(C)C)ccc1Nc1ccccc1. The number of unbranched alkanes of at least 4 members (excludes halogenated alkanes) is 13. The highest BCUT2D eigenvalue weighted by Gasteiger charge is 2.23. The maximum Gasteiger partial charge on any atom is 0.311 e. The number of hydrogen-bond acceptors (Lipinski definition) is 3. The molecule has 0 heterocycles. The Morgan fingerprint density at radius 1 is 0.725 bits per heavy atom. The monoisotopic (exact) mass is 550 g/mol. The Morgan fingerprint density at radius 3 is 1.80 bits per heavy atom. The van der Waals surface area contributed by atoms with Gasteiger partial charge in [0.2, 0.25) is 0 Å². The van der Waals surface area contributed by atoms with E-state index in [-0.39, 0.29) is 0 Å². The summed E-state index contributed by atoms with van der Waals surface area (Å²) in [6.07, 6.45) is 20.0. The largest absolute Gasteiger partial charge is 0.481 e. The summed E-state index contributed by atoms with van der Waals surface area (Å²) in [6.45, 7) is 8.93. The van der Waals surface area contributed by atoms with Gasteiger partial charge in [0.05, 0.1) is 5.92 Å².